The van der Waals surface area contributed by atoms with Crippen LogP contribution in [0.2, 0.25) is 0 Å². The maximum absolute atomic E-state index is 2.41. The van der Waals surface area contributed by atoms with Crippen LogP contribution in [0.1, 0.15) is 29.5 Å². The molecule has 12 rings (SSSR count). The van der Waals surface area contributed by atoms with Crippen molar-refractivity contribution < 1.29 is 0 Å². The van der Waals surface area contributed by atoms with Gasteiger partial charge >= 0.3 is 0 Å². The fraction of sp³-hybridized carbons (Fsp3) is 0.0508. The van der Waals surface area contributed by atoms with Crippen LogP contribution in [0.25, 0.3) is 77.0 Å². The Morgan fingerprint density at radius 1 is 0.410 bits per heavy atom. The minimum atomic E-state index is 0.276. The molecule has 0 N–H and O–H groups in total. The third-order valence-electron chi connectivity index (χ3n) is 13.1. The summed E-state index contributed by atoms with van der Waals surface area (Å²) in [5.41, 5.74) is 13.4. The summed E-state index contributed by atoms with van der Waals surface area (Å²) in [5, 5.41) is 10.2. The first-order valence-corrected chi connectivity index (χ1v) is 21.4. The number of hydrogen-bond donors (Lipinski definition) is 0. The maximum atomic E-state index is 2.41. The molecule has 0 amide bonds. The second kappa shape index (κ2) is 14.3. The van der Waals surface area contributed by atoms with Crippen LogP contribution < -0.4 is 4.90 Å². The largest absolute Gasteiger partial charge is 0.310 e. The molecule has 2 nitrogen and oxygen atoms in total. The van der Waals surface area contributed by atoms with Gasteiger partial charge in [-0.25, -0.2) is 0 Å². The third kappa shape index (κ3) is 5.86. The summed E-state index contributed by atoms with van der Waals surface area (Å²) in [4.78, 5) is 2.41. The highest BCUT2D eigenvalue weighted by Gasteiger charge is 2.26. The Labute approximate surface area is 355 Å². The number of benzene rings is 10. The van der Waals surface area contributed by atoms with E-state index >= 15 is 0 Å². The van der Waals surface area contributed by atoms with E-state index in [2.05, 4.69) is 241 Å². The van der Waals surface area contributed by atoms with Crippen molar-refractivity contribution in [2.24, 2.45) is 5.92 Å². The van der Waals surface area contributed by atoms with Crippen LogP contribution in [-0.2, 0) is 0 Å². The van der Waals surface area contributed by atoms with Crippen LogP contribution in [0.5, 0.6) is 0 Å². The summed E-state index contributed by atoms with van der Waals surface area (Å²) >= 11 is 0. The predicted octanol–water partition coefficient (Wildman–Crippen LogP) is 16.2. The zero-order chi connectivity index (χ0) is 40.4. The Hall–Kier alpha value is -7.68. The van der Waals surface area contributed by atoms with Gasteiger partial charge in [-0.1, -0.05) is 171 Å². The lowest BCUT2D eigenvalue weighted by Crippen LogP contribution is -2.15. The van der Waals surface area contributed by atoms with Crippen molar-refractivity contribution in [1.29, 1.82) is 0 Å². The highest BCUT2D eigenvalue weighted by atomic mass is 15.1. The molecule has 11 aromatic rings. The molecule has 288 valence electrons. The SMILES string of the molecule is CC1C=Cc2c(ccc3ccccc23)C1c1ccc(N(c2ccc(-c3ccc4c5ccccc5n(-c5ccccc5)c4c3)cc2)c2ccc3c(ccc4ccccc43)c2)cc1. The van der Waals surface area contributed by atoms with E-state index in [4.69, 9.17) is 0 Å². The van der Waals surface area contributed by atoms with Crippen molar-refractivity contribution >= 4 is 77.3 Å². The van der Waals surface area contributed by atoms with Gasteiger partial charge in [-0.3, -0.25) is 0 Å². The molecule has 1 aromatic heterocycles. The number of rotatable bonds is 6. The molecule has 0 saturated carbocycles. The van der Waals surface area contributed by atoms with Gasteiger partial charge in [-0.2, -0.15) is 0 Å². The molecule has 0 bridgehead atoms. The van der Waals surface area contributed by atoms with Crippen molar-refractivity contribution in [1.82, 2.24) is 4.57 Å². The van der Waals surface area contributed by atoms with E-state index in [1.807, 2.05) is 0 Å². The second-order valence-corrected chi connectivity index (χ2v) is 16.6. The molecule has 0 aliphatic heterocycles. The van der Waals surface area contributed by atoms with E-state index < -0.39 is 0 Å². The number of hydrogen-bond acceptors (Lipinski definition) is 1. The minimum Gasteiger partial charge on any atom is -0.310 e. The first kappa shape index (κ1) is 35.3. The van der Waals surface area contributed by atoms with Crippen LogP contribution in [0.4, 0.5) is 17.1 Å². The lowest BCUT2D eigenvalue weighted by atomic mass is 9.75. The number of nitrogens with zero attached hydrogens (tertiary/aromatic N) is 2. The topological polar surface area (TPSA) is 8.17 Å². The fourth-order valence-corrected chi connectivity index (χ4v) is 10.1. The van der Waals surface area contributed by atoms with Crippen LogP contribution in [0.3, 0.4) is 0 Å². The molecule has 0 fully saturated rings. The van der Waals surface area contributed by atoms with Crippen molar-refractivity contribution in [2.45, 2.75) is 12.8 Å². The van der Waals surface area contributed by atoms with E-state index in [0.717, 1.165) is 17.1 Å². The lowest BCUT2D eigenvalue weighted by molar-refractivity contribution is 0.619. The minimum absolute atomic E-state index is 0.276. The Morgan fingerprint density at radius 3 is 1.79 bits per heavy atom. The lowest BCUT2D eigenvalue weighted by Gasteiger charge is -2.30. The van der Waals surface area contributed by atoms with Crippen LogP contribution in [0.15, 0.2) is 218 Å². The number of anilines is 3. The molecular weight excluding hydrogens is 737 g/mol. The second-order valence-electron chi connectivity index (χ2n) is 16.6. The van der Waals surface area contributed by atoms with Crippen LogP contribution >= 0.6 is 0 Å². The Morgan fingerprint density at radius 2 is 0.984 bits per heavy atom. The van der Waals surface area contributed by atoms with E-state index in [1.165, 1.54) is 87.6 Å². The van der Waals surface area contributed by atoms with E-state index in [0.29, 0.717) is 5.92 Å². The average molecular weight is 779 g/mol. The van der Waals surface area contributed by atoms with Crippen molar-refractivity contribution in [3.63, 3.8) is 0 Å². The summed E-state index contributed by atoms with van der Waals surface area (Å²) in [7, 11) is 0. The first-order chi connectivity index (χ1) is 30.2. The van der Waals surface area contributed by atoms with Gasteiger partial charge in [-0.15, -0.1) is 0 Å². The van der Waals surface area contributed by atoms with Gasteiger partial charge in [0.15, 0.2) is 0 Å². The average Bonchev–Trinajstić information content (AvgIpc) is 3.66. The summed E-state index contributed by atoms with van der Waals surface area (Å²) in [6.45, 7) is 2.35. The predicted molar refractivity (Wildman–Crippen MR) is 260 cm³/mol. The van der Waals surface area contributed by atoms with E-state index in [-0.39, 0.29) is 5.92 Å². The Bertz CT molecular complexity index is 3480. The van der Waals surface area contributed by atoms with Crippen molar-refractivity contribution in [2.75, 3.05) is 4.90 Å². The molecule has 0 radical (unpaired) electrons. The molecule has 1 heterocycles. The molecule has 61 heavy (non-hydrogen) atoms. The smallest absolute Gasteiger partial charge is 0.0547 e. The molecule has 1 aliphatic rings. The van der Waals surface area contributed by atoms with E-state index in [9.17, 15) is 0 Å². The molecule has 0 spiro atoms. The highest BCUT2D eigenvalue weighted by Crippen LogP contribution is 2.44. The number of para-hydroxylation sites is 2. The molecular formula is C59H42N2. The van der Waals surface area contributed by atoms with Gasteiger partial charge in [0, 0.05) is 39.4 Å². The third-order valence-corrected chi connectivity index (χ3v) is 13.1. The van der Waals surface area contributed by atoms with Gasteiger partial charge in [0.05, 0.1) is 11.0 Å². The molecule has 2 heteroatoms. The van der Waals surface area contributed by atoms with Crippen molar-refractivity contribution in [3.05, 3.63) is 235 Å². The molecule has 2 unspecified atom stereocenters. The number of fused-ring (bicyclic) bond motifs is 9. The molecule has 10 aromatic carbocycles. The molecule has 0 saturated heterocycles. The van der Waals surface area contributed by atoms with Gasteiger partial charge in [0.1, 0.15) is 0 Å². The van der Waals surface area contributed by atoms with Gasteiger partial charge in [-0.05, 0) is 127 Å². The summed E-state index contributed by atoms with van der Waals surface area (Å²) < 4.78 is 2.39. The standard InChI is InChI=1S/C59H42N2/c1-39-19-33-53-51-16-8-6-12-42(51)26-35-56(53)59(39)43-24-30-48(31-25-43)60(49-32-36-52-45(37-49)21-20-41-11-5-7-15-50(41)52)47-28-22-40(23-29-47)44-27-34-55-54-17-9-10-18-57(54)61(58(55)38-44)46-13-3-2-4-14-46/h2-39,59H,1H3. The van der Waals surface area contributed by atoms with E-state index in [1.54, 1.807) is 0 Å². The monoisotopic (exact) mass is 778 g/mol. The molecule has 1 aliphatic carbocycles. The Balaban J connectivity index is 0.958. The first-order valence-electron chi connectivity index (χ1n) is 21.4. The quantitative estimate of drug-likeness (QED) is 0.153. The van der Waals surface area contributed by atoms with Crippen LogP contribution in [0, 0.1) is 5.92 Å². The number of allylic oxidation sites excluding steroid dienone is 1. The van der Waals surface area contributed by atoms with Gasteiger partial charge in [0.2, 0.25) is 0 Å². The summed E-state index contributed by atoms with van der Waals surface area (Å²) in [5.74, 6) is 0.657. The highest BCUT2D eigenvalue weighted by molar-refractivity contribution is 6.11. The van der Waals surface area contributed by atoms with Crippen molar-refractivity contribution in [3.8, 4) is 16.8 Å². The summed E-state index contributed by atoms with van der Waals surface area (Å²) in [6.07, 6.45) is 4.72. The van der Waals surface area contributed by atoms with Gasteiger partial charge in [0.25, 0.3) is 0 Å². The van der Waals surface area contributed by atoms with Crippen LogP contribution in [-0.4, -0.2) is 4.57 Å². The van der Waals surface area contributed by atoms with Gasteiger partial charge < -0.3 is 9.47 Å². The maximum Gasteiger partial charge on any atom is 0.0547 e. The molecule has 2 atom stereocenters. The number of aromatic nitrogens is 1. The zero-order valence-electron chi connectivity index (χ0n) is 33.9. The Kier molecular flexibility index (Phi) is 8.24. The zero-order valence-corrected chi connectivity index (χ0v) is 33.9. The summed E-state index contributed by atoms with van der Waals surface area (Å²) in [6, 6.07) is 78.2. The normalized spacial score (nSPS) is 14.9. The fourth-order valence-electron chi connectivity index (χ4n) is 10.1.